The molecule has 9 heteroatoms. The van der Waals surface area contributed by atoms with Crippen LogP contribution in [-0.4, -0.2) is 28.2 Å². The second kappa shape index (κ2) is 8.77. The lowest BCUT2D eigenvalue weighted by atomic mass is 10.0. The fourth-order valence-electron chi connectivity index (χ4n) is 3.15. The van der Waals surface area contributed by atoms with E-state index < -0.39 is 0 Å². The second-order valence-corrected chi connectivity index (χ2v) is 7.66. The summed E-state index contributed by atoms with van der Waals surface area (Å²) in [7, 11) is 0. The molecule has 2 N–H and O–H groups in total. The Bertz CT molecular complexity index is 1110. The Balaban J connectivity index is 1.36. The minimum Gasteiger partial charge on any atom is -0.484 e. The van der Waals surface area contributed by atoms with Gasteiger partial charge in [-0.2, -0.15) is 5.10 Å². The first-order valence-electron chi connectivity index (χ1n) is 9.29. The first-order chi connectivity index (χ1) is 14.5. The lowest BCUT2D eigenvalue weighted by Crippen LogP contribution is -2.22. The number of rotatable bonds is 6. The lowest BCUT2D eigenvalue weighted by molar-refractivity contribution is -0.118. The van der Waals surface area contributed by atoms with Gasteiger partial charge in [-0.3, -0.25) is 9.59 Å². The van der Waals surface area contributed by atoms with Gasteiger partial charge in [0.15, 0.2) is 6.61 Å². The monoisotopic (exact) mass is 444 g/mol. The highest BCUT2D eigenvalue weighted by Crippen LogP contribution is 2.27. The van der Waals surface area contributed by atoms with Gasteiger partial charge in [0.05, 0.1) is 12.7 Å². The van der Waals surface area contributed by atoms with Crippen LogP contribution in [-0.2, 0) is 22.6 Å². The van der Waals surface area contributed by atoms with E-state index in [-0.39, 0.29) is 18.4 Å². The number of carbonyl (C=O) groups excluding carboxylic acids is 2. The third-order valence-electron chi connectivity index (χ3n) is 4.66. The zero-order chi connectivity index (χ0) is 21.1. The van der Waals surface area contributed by atoms with Crippen LogP contribution in [0, 0.1) is 0 Å². The number of amides is 2. The van der Waals surface area contributed by atoms with Crippen molar-refractivity contribution in [2.24, 2.45) is 0 Å². The summed E-state index contributed by atoms with van der Waals surface area (Å²) in [6.45, 7) is 0.230. The molecule has 0 aliphatic carbocycles. The van der Waals surface area contributed by atoms with Gasteiger partial charge < -0.3 is 15.4 Å². The van der Waals surface area contributed by atoms with E-state index in [1.54, 1.807) is 41.2 Å². The third kappa shape index (κ3) is 4.75. The van der Waals surface area contributed by atoms with Crippen LogP contribution < -0.4 is 15.4 Å². The Hall–Kier alpha value is -3.03. The molecular formula is C21H18Cl2N4O3. The molecule has 0 atom stereocenters. The highest BCUT2D eigenvalue weighted by molar-refractivity contribution is 6.35. The number of fused-ring (bicyclic) bond motifs is 1. The molecule has 0 fully saturated rings. The van der Waals surface area contributed by atoms with Gasteiger partial charge in [0.2, 0.25) is 5.91 Å². The van der Waals surface area contributed by atoms with Crippen LogP contribution in [0.3, 0.4) is 0 Å². The molecule has 154 valence electrons. The Morgan fingerprint density at radius 2 is 2.03 bits per heavy atom. The number of halogens is 2. The van der Waals surface area contributed by atoms with Gasteiger partial charge in [-0.05, 0) is 47.9 Å². The Morgan fingerprint density at radius 1 is 1.17 bits per heavy atom. The zero-order valence-corrected chi connectivity index (χ0v) is 17.3. The van der Waals surface area contributed by atoms with Gasteiger partial charge in [0.25, 0.3) is 5.91 Å². The predicted molar refractivity (Wildman–Crippen MR) is 115 cm³/mol. The zero-order valence-electron chi connectivity index (χ0n) is 15.8. The molecule has 0 saturated carbocycles. The lowest BCUT2D eigenvalue weighted by Gasteiger charge is -2.17. The van der Waals surface area contributed by atoms with Crippen molar-refractivity contribution < 1.29 is 14.3 Å². The molecule has 1 aliphatic rings. The molecule has 4 rings (SSSR count). The SMILES string of the molecule is O=C1CCc2cc(OCC(=O)Nc3ccnn3Cc3ccc(Cl)cc3Cl)ccc2N1. The molecule has 0 unspecified atom stereocenters. The summed E-state index contributed by atoms with van der Waals surface area (Å²) < 4.78 is 7.24. The highest BCUT2D eigenvalue weighted by atomic mass is 35.5. The molecular weight excluding hydrogens is 427 g/mol. The number of hydrogen-bond acceptors (Lipinski definition) is 4. The van der Waals surface area contributed by atoms with Crippen molar-refractivity contribution in [3.05, 3.63) is 69.8 Å². The molecule has 0 bridgehead atoms. The second-order valence-electron chi connectivity index (χ2n) is 6.81. The van der Waals surface area contributed by atoms with Crippen LogP contribution >= 0.6 is 23.2 Å². The number of aryl methyl sites for hydroxylation is 1. The quantitative estimate of drug-likeness (QED) is 0.597. The topological polar surface area (TPSA) is 85.2 Å². The molecule has 2 heterocycles. The van der Waals surface area contributed by atoms with Crippen molar-refractivity contribution in [1.82, 2.24) is 9.78 Å². The molecule has 30 heavy (non-hydrogen) atoms. The van der Waals surface area contributed by atoms with Crippen molar-refractivity contribution in [1.29, 1.82) is 0 Å². The number of benzene rings is 2. The van der Waals surface area contributed by atoms with Crippen molar-refractivity contribution in [3.63, 3.8) is 0 Å². The number of aromatic nitrogens is 2. The summed E-state index contributed by atoms with van der Waals surface area (Å²) in [6.07, 6.45) is 2.69. The van der Waals surface area contributed by atoms with E-state index in [1.807, 2.05) is 12.1 Å². The first kappa shape index (κ1) is 20.3. The molecule has 0 radical (unpaired) electrons. The average molecular weight is 445 g/mol. The summed E-state index contributed by atoms with van der Waals surface area (Å²) in [6, 6.07) is 12.3. The normalized spacial score (nSPS) is 12.8. The van der Waals surface area contributed by atoms with Crippen molar-refractivity contribution in [3.8, 4) is 5.75 Å². The number of nitrogens with one attached hydrogen (secondary N) is 2. The van der Waals surface area contributed by atoms with Crippen molar-refractivity contribution in [2.45, 2.75) is 19.4 Å². The van der Waals surface area contributed by atoms with E-state index in [2.05, 4.69) is 15.7 Å². The van der Waals surface area contributed by atoms with Crippen LogP contribution in [0.2, 0.25) is 10.0 Å². The summed E-state index contributed by atoms with van der Waals surface area (Å²) in [5.41, 5.74) is 2.61. The molecule has 0 saturated heterocycles. The summed E-state index contributed by atoms with van der Waals surface area (Å²) >= 11 is 12.2. The summed E-state index contributed by atoms with van der Waals surface area (Å²) in [5.74, 6) is 0.793. The maximum atomic E-state index is 12.4. The van der Waals surface area contributed by atoms with E-state index in [4.69, 9.17) is 27.9 Å². The number of hydrogen-bond donors (Lipinski definition) is 2. The van der Waals surface area contributed by atoms with Gasteiger partial charge >= 0.3 is 0 Å². The molecule has 1 aromatic heterocycles. The average Bonchev–Trinajstić information content (AvgIpc) is 3.15. The maximum Gasteiger partial charge on any atom is 0.263 e. The van der Waals surface area contributed by atoms with Crippen LogP contribution in [0.5, 0.6) is 5.75 Å². The van der Waals surface area contributed by atoms with Crippen LogP contribution in [0.25, 0.3) is 0 Å². The van der Waals surface area contributed by atoms with E-state index >= 15 is 0 Å². The minimum absolute atomic E-state index is 0.00652. The third-order valence-corrected chi connectivity index (χ3v) is 5.25. The van der Waals surface area contributed by atoms with Crippen LogP contribution in [0.4, 0.5) is 11.5 Å². The fourth-order valence-corrected chi connectivity index (χ4v) is 3.62. The van der Waals surface area contributed by atoms with Crippen molar-refractivity contribution >= 4 is 46.5 Å². The summed E-state index contributed by atoms with van der Waals surface area (Å²) in [5, 5.41) is 10.9. The Morgan fingerprint density at radius 3 is 2.87 bits per heavy atom. The number of ether oxygens (including phenoxy) is 1. The molecule has 7 nitrogen and oxygen atoms in total. The standard InChI is InChI=1S/C21H18Cl2N4O3/c22-15-3-1-14(17(23)10-15)11-27-19(7-8-24-27)26-21(29)12-30-16-4-5-18-13(9-16)2-6-20(28)25-18/h1,3-5,7-10H,2,6,11-12H2,(H,25,28)(H,26,29). The minimum atomic E-state index is -0.315. The molecule has 2 amide bonds. The fraction of sp³-hybridized carbons (Fsp3) is 0.190. The predicted octanol–water partition coefficient (Wildman–Crippen LogP) is 4.14. The highest BCUT2D eigenvalue weighted by Gasteiger charge is 2.16. The molecule has 1 aliphatic heterocycles. The number of carbonyl (C=O) groups is 2. The Kier molecular flexibility index (Phi) is 5.92. The molecule has 0 spiro atoms. The number of nitrogens with zero attached hydrogens (tertiary/aromatic N) is 2. The van der Waals surface area contributed by atoms with E-state index in [1.165, 1.54) is 0 Å². The van der Waals surface area contributed by atoms with Crippen molar-refractivity contribution in [2.75, 3.05) is 17.2 Å². The van der Waals surface area contributed by atoms with Gasteiger partial charge in [0, 0.05) is 28.2 Å². The van der Waals surface area contributed by atoms with Gasteiger partial charge in [-0.25, -0.2) is 4.68 Å². The van der Waals surface area contributed by atoms with Crippen LogP contribution in [0.1, 0.15) is 17.5 Å². The molecule has 3 aromatic rings. The van der Waals surface area contributed by atoms with Gasteiger partial charge in [-0.15, -0.1) is 0 Å². The van der Waals surface area contributed by atoms with Gasteiger partial charge in [0.1, 0.15) is 11.6 Å². The largest absolute Gasteiger partial charge is 0.484 e. The van der Waals surface area contributed by atoms with E-state index in [9.17, 15) is 9.59 Å². The van der Waals surface area contributed by atoms with E-state index in [0.29, 0.717) is 41.0 Å². The van der Waals surface area contributed by atoms with Gasteiger partial charge in [-0.1, -0.05) is 29.3 Å². The smallest absolute Gasteiger partial charge is 0.263 e. The van der Waals surface area contributed by atoms with E-state index in [0.717, 1.165) is 16.8 Å². The van der Waals surface area contributed by atoms with Crippen LogP contribution in [0.15, 0.2) is 48.7 Å². The summed E-state index contributed by atoms with van der Waals surface area (Å²) in [4.78, 5) is 23.8. The Labute approximate surface area is 182 Å². The number of anilines is 2. The first-order valence-corrected chi connectivity index (χ1v) is 10.0. The maximum absolute atomic E-state index is 12.4. The molecule has 2 aromatic carbocycles.